The number of hydrogen-bond donors (Lipinski definition) is 2. The molecule has 0 saturated heterocycles. The molecule has 0 aliphatic heterocycles. The van der Waals surface area contributed by atoms with E-state index in [2.05, 4.69) is 38.5 Å². The molecule has 1 aromatic heterocycles. The van der Waals surface area contributed by atoms with Crippen molar-refractivity contribution in [1.82, 2.24) is 4.98 Å². The first-order valence-corrected chi connectivity index (χ1v) is 7.73. The molecule has 0 fully saturated rings. The van der Waals surface area contributed by atoms with Crippen molar-refractivity contribution < 1.29 is 4.79 Å². The molecule has 2 rings (SSSR count). The van der Waals surface area contributed by atoms with Crippen molar-refractivity contribution in [2.24, 2.45) is 0 Å². The van der Waals surface area contributed by atoms with Gasteiger partial charge >= 0.3 is 0 Å². The van der Waals surface area contributed by atoms with Crippen molar-refractivity contribution in [2.75, 3.05) is 17.2 Å². The number of carbonyl (C=O) groups excluding carboxylic acids is 1. The van der Waals surface area contributed by atoms with Crippen LogP contribution in [0.15, 0.2) is 41.0 Å². The zero-order valence-corrected chi connectivity index (χ0v) is 13.8. The van der Waals surface area contributed by atoms with Crippen LogP contribution in [0.2, 0.25) is 5.02 Å². The fraction of sp³-hybridized carbons (Fsp3) is 0.200. The van der Waals surface area contributed by atoms with Crippen LogP contribution in [0.1, 0.15) is 23.7 Å². The van der Waals surface area contributed by atoms with Gasteiger partial charge in [0.15, 0.2) is 0 Å². The summed E-state index contributed by atoms with van der Waals surface area (Å²) < 4.78 is 0.738. The molecule has 6 heteroatoms. The average Bonchev–Trinajstić information content (AvgIpc) is 2.48. The summed E-state index contributed by atoms with van der Waals surface area (Å²) >= 11 is 9.25. The van der Waals surface area contributed by atoms with E-state index < -0.39 is 0 Å². The molecule has 2 N–H and O–H groups in total. The van der Waals surface area contributed by atoms with Crippen LogP contribution in [-0.4, -0.2) is 17.4 Å². The number of benzene rings is 1. The molecule has 21 heavy (non-hydrogen) atoms. The molecule has 1 amide bonds. The van der Waals surface area contributed by atoms with Gasteiger partial charge < -0.3 is 10.6 Å². The molecule has 4 nitrogen and oxygen atoms in total. The highest BCUT2D eigenvalue weighted by atomic mass is 79.9. The minimum atomic E-state index is -0.194. The van der Waals surface area contributed by atoms with E-state index in [0.717, 1.165) is 17.4 Å². The Bertz CT molecular complexity index is 649. The standard InChI is InChI=1S/C15H15BrClN3O/c1-2-6-18-14-8-10(5-7-19-14)15(21)20-13-4-3-11(17)9-12(13)16/h3-5,7-9H,2,6H2,1H3,(H,18,19)(H,20,21). The molecule has 0 aliphatic rings. The van der Waals surface area contributed by atoms with Crippen molar-refractivity contribution in [2.45, 2.75) is 13.3 Å². The SMILES string of the molecule is CCCNc1cc(C(=O)Nc2ccc(Cl)cc2Br)ccn1. The summed E-state index contributed by atoms with van der Waals surface area (Å²) in [4.78, 5) is 16.4. The lowest BCUT2D eigenvalue weighted by molar-refractivity contribution is 0.102. The smallest absolute Gasteiger partial charge is 0.255 e. The second-order valence-electron chi connectivity index (χ2n) is 4.43. The Morgan fingerprint density at radius 3 is 2.86 bits per heavy atom. The lowest BCUT2D eigenvalue weighted by Crippen LogP contribution is -2.13. The minimum Gasteiger partial charge on any atom is -0.370 e. The number of pyridine rings is 1. The molecule has 0 unspecified atom stereocenters. The van der Waals surface area contributed by atoms with Crippen LogP contribution < -0.4 is 10.6 Å². The summed E-state index contributed by atoms with van der Waals surface area (Å²) in [6, 6.07) is 8.62. The van der Waals surface area contributed by atoms with Crippen LogP contribution >= 0.6 is 27.5 Å². The van der Waals surface area contributed by atoms with Gasteiger partial charge in [0, 0.05) is 27.8 Å². The van der Waals surface area contributed by atoms with E-state index in [0.29, 0.717) is 22.1 Å². The van der Waals surface area contributed by atoms with Crippen LogP contribution in [0.5, 0.6) is 0 Å². The van der Waals surface area contributed by atoms with Gasteiger partial charge in [-0.3, -0.25) is 4.79 Å². The van der Waals surface area contributed by atoms with Gasteiger partial charge in [-0.25, -0.2) is 4.98 Å². The molecule has 0 aliphatic carbocycles. The van der Waals surface area contributed by atoms with E-state index in [1.807, 2.05) is 0 Å². The first-order valence-electron chi connectivity index (χ1n) is 6.56. The van der Waals surface area contributed by atoms with Gasteiger partial charge in [-0.05, 0) is 52.7 Å². The van der Waals surface area contributed by atoms with Gasteiger partial charge in [0.05, 0.1) is 5.69 Å². The van der Waals surface area contributed by atoms with Crippen molar-refractivity contribution >= 4 is 44.9 Å². The monoisotopic (exact) mass is 367 g/mol. The summed E-state index contributed by atoms with van der Waals surface area (Å²) in [5.74, 6) is 0.500. The molecular weight excluding hydrogens is 354 g/mol. The Hall–Kier alpha value is -1.59. The molecule has 110 valence electrons. The number of halogens is 2. The Labute approximate surface area is 137 Å². The van der Waals surface area contributed by atoms with Gasteiger partial charge in [0.1, 0.15) is 5.82 Å². The predicted octanol–water partition coefficient (Wildman–Crippen LogP) is 4.57. The van der Waals surface area contributed by atoms with E-state index in [1.165, 1.54) is 0 Å². The molecule has 1 aromatic carbocycles. The quantitative estimate of drug-likeness (QED) is 0.812. The van der Waals surface area contributed by atoms with Crippen molar-refractivity contribution in [3.63, 3.8) is 0 Å². The van der Waals surface area contributed by atoms with E-state index >= 15 is 0 Å². The topological polar surface area (TPSA) is 54.0 Å². The molecule has 0 bridgehead atoms. The number of carbonyl (C=O) groups is 1. The summed E-state index contributed by atoms with van der Waals surface area (Å²) in [6.07, 6.45) is 2.61. The molecule has 2 aromatic rings. The van der Waals surface area contributed by atoms with Crippen LogP contribution in [0.4, 0.5) is 11.5 Å². The largest absolute Gasteiger partial charge is 0.370 e. The summed E-state index contributed by atoms with van der Waals surface area (Å²) in [5, 5.41) is 6.60. The van der Waals surface area contributed by atoms with Gasteiger partial charge in [0.2, 0.25) is 0 Å². The lowest BCUT2D eigenvalue weighted by atomic mass is 10.2. The zero-order valence-electron chi connectivity index (χ0n) is 11.5. The van der Waals surface area contributed by atoms with Crippen LogP contribution in [0.3, 0.4) is 0 Å². The Kier molecular flexibility index (Phi) is 5.59. The fourth-order valence-electron chi connectivity index (χ4n) is 1.71. The lowest BCUT2D eigenvalue weighted by Gasteiger charge is -2.09. The van der Waals surface area contributed by atoms with Gasteiger partial charge in [0.25, 0.3) is 5.91 Å². The third kappa shape index (κ3) is 4.44. The maximum atomic E-state index is 12.3. The molecule has 0 radical (unpaired) electrons. The van der Waals surface area contributed by atoms with Gasteiger partial charge in [-0.2, -0.15) is 0 Å². The Morgan fingerprint density at radius 1 is 1.33 bits per heavy atom. The maximum Gasteiger partial charge on any atom is 0.255 e. The third-order valence-corrected chi connectivity index (χ3v) is 3.65. The van der Waals surface area contributed by atoms with Crippen LogP contribution in [0.25, 0.3) is 0 Å². The van der Waals surface area contributed by atoms with Crippen LogP contribution in [-0.2, 0) is 0 Å². The number of hydrogen-bond acceptors (Lipinski definition) is 3. The fourth-order valence-corrected chi connectivity index (χ4v) is 2.49. The second kappa shape index (κ2) is 7.43. The van der Waals surface area contributed by atoms with E-state index in [4.69, 9.17) is 11.6 Å². The Balaban J connectivity index is 2.12. The predicted molar refractivity (Wildman–Crippen MR) is 90.1 cm³/mol. The highest BCUT2D eigenvalue weighted by Gasteiger charge is 2.09. The maximum absolute atomic E-state index is 12.3. The number of aromatic nitrogens is 1. The van der Waals surface area contributed by atoms with E-state index in [1.54, 1.807) is 36.5 Å². The number of amides is 1. The molecule has 0 atom stereocenters. The van der Waals surface area contributed by atoms with Gasteiger partial charge in [-0.15, -0.1) is 0 Å². The highest BCUT2D eigenvalue weighted by molar-refractivity contribution is 9.10. The second-order valence-corrected chi connectivity index (χ2v) is 5.73. The summed E-state index contributed by atoms with van der Waals surface area (Å²) in [5.41, 5.74) is 1.22. The molecule has 0 saturated carbocycles. The summed E-state index contributed by atoms with van der Waals surface area (Å²) in [6.45, 7) is 2.89. The van der Waals surface area contributed by atoms with Crippen molar-refractivity contribution in [3.05, 3.63) is 51.6 Å². The average molecular weight is 369 g/mol. The Morgan fingerprint density at radius 2 is 2.14 bits per heavy atom. The first-order chi connectivity index (χ1) is 10.1. The number of nitrogens with zero attached hydrogens (tertiary/aromatic N) is 1. The normalized spacial score (nSPS) is 10.2. The highest BCUT2D eigenvalue weighted by Crippen LogP contribution is 2.26. The first kappa shape index (κ1) is 15.8. The molecular formula is C15H15BrClN3O. The minimum absolute atomic E-state index is 0.194. The van der Waals surface area contributed by atoms with E-state index in [-0.39, 0.29) is 5.91 Å². The van der Waals surface area contributed by atoms with Gasteiger partial charge in [-0.1, -0.05) is 18.5 Å². The van der Waals surface area contributed by atoms with Crippen molar-refractivity contribution in [3.8, 4) is 0 Å². The van der Waals surface area contributed by atoms with Crippen LogP contribution in [0, 0.1) is 0 Å². The molecule has 0 spiro atoms. The molecule has 1 heterocycles. The zero-order chi connectivity index (χ0) is 15.2. The third-order valence-electron chi connectivity index (χ3n) is 2.76. The summed E-state index contributed by atoms with van der Waals surface area (Å²) in [7, 11) is 0. The number of nitrogens with one attached hydrogen (secondary N) is 2. The van der Waals surface area contributed by atoms with E-state index in [9.17, 15) is 4.79 Å². The number of rotatable bonds is 5. The number of anilines is 2. The van der Waals surface area contributed by atoms with Crippen molar-refractivity contribution in [1.29, 1.82) is 0 Å².